The third kappa shape index (κ3) is 3.97. The van der Waals surface area contributed by atoms with Crippen molar-refractivity contribution >= 4 is 16.9 Å². The first kappa shape index (κ1) is 21.2. The summed E-state index contributed by atoms with van der Waals surface area (Å²) >= 11 is 0. The Morgan fingerprint density at radius 1 is 1.13 bits per heavy atom. The number of nitrogens with zero attached hydrogens (tertiary/aromatic N) is 2. The molecule has 0 spiro atoms. The normalized spacial score (nSPS) is 19.1. The van der Waals surface area contributed by atoms with Crippen LogP contribution in [0.4, 0.5) is 8.78 Å². The number of fused-ring (bicyclic) bond motifs is 1. The van der Waals surface area contributed by atoms with E-state index >= 15 is 4.39 Å². The Labute approximate surface area is 178 Å². The van der Waals surface area contributed by atoms with Crippen molar-refractivity contribution in [1.29, 1.82) is 0 Å². The van der Waals surface area contributed by atoms with Crippen LogP contribution in [0.2, 0.25) is 0 Å². The van der Waals surface area contributed by atoms with E-state index in [0.717, 1.165) is 31.7 Å². The summed E-state index contributed by atoms with van der Waals surface area (Å²) in [6.45, 7) is 0. The molecule has 2 atom stereocenters. The van der Waals surface area contributed by atoms with Gasteiger partial charge in [0.1, 0.15) is 17.2 Å². The summed E-state index contributed by atoms with van der Waals surface area (Å²) in [6, 6.07) is 8.66. The number of hydrogen-bond acceptors (Lipinski definition) is 3. The van der Waals surface area contributed by atoms with Crippen molar-refractivity contribution in [1.82, 2.24) is 9.47 Å². The van der Waals surface area contributed by atoms with E-state index in [1.165, 1.54) is 35.0 Å². The minimum absolute atomic E-state index is 0.00136. The Hall–Kier alpha value is -3.06. The number of hydrogen-bond donors (Lipinski definition) is 1. The fraction of sp³-hybridized carbons (Fsp3) is 0.333. The molecule has 4 rings (SSSR count). The van der Waals surface area contributed by atoms with Crippen molar-refractivity contribution in [2.24, 2.45) is 0 Å². The molecule has 1 N–H and O–H groups in total. The van der Waals surface area contributed by atoms with Crippen LogP contribution in [-0.2, 0) is 0 Å². The number of carboxylic acid groups (broad SMARTS) is 1. The number of aromatic nitrogens is 1. The summed E-state index contributed by atoms with van der Waals surface area (Å²) in [5.41, 5.74) is 0.221. The molecule has 1 heterocycles. The molecule has 0 radical (unpaired) electrons. The lowest BCUT2D eigenvalue weighted by Crippen LogP contribution is -2.32. The Bertz CT molecular complexity index is 1200. The van der Waals surface area contributed by atoms with Crippen LogP contribution in [0.15, 0.2) is 47.4 Å². The predicted octanol–water partition coefficient (Wildman–Crippen LogP) is 4.55. The topological polar surface area (TPSA) is 62.5 Å². The molecule has 162 valence electrons. The zero-order chi connectivity index (χ0) is 22.3. The summed E-state index contributed by atoms with van der Waals surface area (Å²) in [5, 5.41) is 9.47. The number of carbonyl (C=O) groups is 1. The molecule has 1 aliphatic carbocycles. The van der Waals surface area contributed by atoms with E-state index < -0.39 is 28.6 Å². The Morgan fingerprint density at radius 3 is 2.48 bits per heavy atom. The van der Waals surface area contributed by atoms with Gasteiger partial charge >= 0.3 is 5.97 Å². The largest absolute Gasteiger partial charge is 0.477 e. The van der Waals surface area contributed by atoms with Crippen LogP contribution in [0.1, 0.15) is 47.5 Å². The first-order chi connectivity index (χ1) is 14.8. The molecule has 2 unspecified atom stereocenters. The quantitative estimate of drug-likeness (QED) is 0.665. The average molecular weight is 426 g/mol. The van der Waals surface area contributed by atoms with Gasteiger partial charge in [-0.2, -0.15) is 0 Å². The van der Waals surface area contributed by atoms with E-state index in [-0.39, 0.29) is 11.3 Å². The fourth-order valence-corrected chi connectivity index (χ4v) is 4.56. The summed E-state index contributed by atoms with van der Waals surface area (Å²) < 4.78 is 30.1. The zero-order valence-electron chi connectivity index (χ0n) is 17.4. The second-order valence-corrected chi connectivity index (χ2v) is 8.40. The molecule has 0 saturated heterocycles. The number of carboxylic acids is 1. The third-order valence-corrected chi connectivity index (χ3v) is 6.27. The Balaban J connectivity index is 1.94. The number of benzene rings is 2. The van der Waals surface area contributed by atoms with Crippen LogP contribution >= 0.6 is 0 Å². The van der Waals surface area contributed by atoms with E-state index in [9.17, 15) is 19.1 Å². The summed E-state index contributed by atoms with van der Waals surface area (Å²) in [4.78, 5) is 26.5. The van der Waals surface area contributed by atoms with Crippen LogP contribution < -0.4 is 5.43 Å². The Kier molecular flexibility index (Phi) is 5.62. The summed E-state index contributed by atoms with van der Waals surface area (Å²) in [5.74, 6) is -2.33. The molecule has 1 aromatic heterocycles. The minimum Gasteiger partial charge on any atom is -0.477 e. The van der Waals surface area contributed by atoms with Gasteiger partial charge in [0.25, 0.3) is 0 Å². The third-order valence-electron chi connectivity index (χ3n) is 6.27. The molecule has 31 heavy (non-hydrogen) atoms. The molecular weight excluding hydrogens is 402 g/mol. The molecule has 0 bridgehead atoms. The van der Waals surface area contributed by atoms with E-state index in [2.05, 4.69) is 4.90 Å². The van der Waals surface area contributed by atoms with Gasteiger partial charge in [0.15, 0.2) is 0 Å². The van der Waals surface area contributed by atoms with Gasteiger partial charge in [0, 0.05) is 23.3 Å². The van der Waals surface area contributed by atoms with Gasteiger partial charge in [-0.3, -0.25) is 4.79 Å². The Morgan fingerprint density at radius 2 is 1.84 bits per heavy atom. The van der Waals surface area contributed by atoms with Gasteiger partial charge in [-0.25, -0.2) is 13.6 Å². The second-order valence-electron chi connectivity index (χ2n) is 8.40. The molecule has 5 nitrogen and oxygen atoms in total. The first-order valence-electron chi connectivity index (χ1n) is 10.3. The summed E-state index contributed by atoms with van der Waals surface area (Å²) in [6.07, 6.45) is 4.92. The van der Waals surface area contributed by atoms with Crippen molar-refractivity contribution < 1.29 is 18.7 Å². The van der Waals surface area contributed by atoms with E-state index in [1.54, 1.807) is 6.07 Å². The lowest BCUT2D eigenvalue weighted by Gasteiger charge is -2.34. The number of rotatable bonds is 4. The molecule has 7 heteroatoms. The van der Waals surface area contributed by atoms with Crippen LogP contribution in [0.5, 0.6) is 0 Å². The molecule has 1 fully saturated rings. The maximum atomic E-state index is 15.2. The lowest BCUT2D eigenvalue weighted by molar-refractivity contribution is 0.0695. The first-order valence-corrected chi connectivity index (χ1v) is 10.3. The molecule has 1 saturated carbocycles. The monoisotopic (exact) mass is 426 g/mol. The van der Waals surface area contributed by atoms with Gasteiger partial charge in [-0.1, -0.05) is 6.42 Å². The van der Waals surface area contributed by atoms with Crippen LogP contribution in [-0.4, -0.2) is 40.7 Å². The highest BCUT2D eigenvalue weighted by Gasteiger charge is 2.27. The maximum Gasteiger partial charge on any atom is 0.341 e. The van der Waals surface area contributed by atoms with Crippen LogP contribution in [0, 0.1) is 11.6 Å². The van der Waals surface area contributed by atoms with Crippen molar-refractivity contribution in [3.63, 3.8) is 0 Å². The minimum atomic E-state index is -1.40. The van der Waals surface area contributed by atoms with Gasteiger partial charge in [0.05, 0.1) is 5.52 Å². The average Bonchev–Trinajstić information content (AvgIpc) is 2.74. The van der Waals surface area contributed by atoms with E-state index in [4.69, 9.17) is 0 Å². The van der Waals surface area contributed by atoms with Crippen LogP contribution in [0.25, 0.3) is 16.6 Å². The highest BCUT2D eigenvalue weighted by molar-refractivity contribution is 5.93. The van der Waals surface area contributed by atoms with Crippen LogP contribution in [0.3, 0.4) is 0 Å². The fourth-order valence-electron chi connectivity index (χ4n) is 4.56. The molecule has 1 aliphatic rings. The maximum absolute atomic E-state index is 15.2. The highest BCUT2D eigenvalue weighted by atomic mass is 19.1. The smallest absolute Gasteiger partial charge is 0.341 e. The number of halogens is 2. The van der Waals surface area contributed by atoms with Gasteiger partial charge in [-0.15, -0.1) is 0 Å². The number of pyridine rings is 1. The summed E-state index contributed by atoms with van der Waals surface area (Å²) in [7, 11) is 4.03. The van der Waals surface area contributed by atoms with E-state index in [1.807, 2.05) is 14.1 Å². The molecule has 3 aromatic rings. The standard InChI is InChI=1S/C24H24F2N2O3/c1-27(2)17-5-3-4-14(10-17)18-12-22-19(11-21(18)26)23(29)20(24(30)31)13-28(22)16-8-6-15(25)7-9-16/h6-9,11-14,17H,3-5,10H2,1-2H3,(H,30,31). The van der Waals surface area contributed by atoms with E-state index in [0.29, 0.717) is 22.8 Å². The van der Waals surface area contributed by atoms with Gasteiger partial charge < -0.3 is 14.6 Å². The molecule has 2 aromatic carbocycles. The lowest BCUT2D eigenvalue weighted by atomic mass is 9.80. The van der Waals surface area contributed by atoms with Crippen molar-refractivity contribution in [2.75, 3.05) is 14.1 Å². The second kappa shape index (κ2) is 8.23. The molecule has 0 amide bonds. The predicted molar refractivity (Wildman–Crippen MR) is 115 cm³/mol. The SMILES string of the molecule is CN(C)C1CCCC(c2cc3c(cc2F)c(=O)c(C(=O)O)cn3-c2ccc(F)cc2)C1. The number of aromatic carboxylic acids is 1. The zero-order valence-corrected chi connectivity index (χ0v) is 17.4. The highest BCUT2D eigenvalue weighted by Crippen LogP contribution is 2.37. The van der Waals surface area contributed by atoms with Crippen molar-refractivity contribution in [3.8, 4) is 5.69 Å². The van der Waals surface area contributed by atoms with Gasteiger partial charge in [0.2, 0.25) is 5.43 Å². The van der Waals surface area contributed by atoms with Gasteiger partial charge in [-0.05, 0) is 81.2 Å². The molecule has 0 aliphatic heterocycles. The molecular formula is C24H24F2N2O3. The van der Waals surface area contributed by atoms with Crippen molar-refractivity contribution in [3.05, 3.63) is 75.6 Å². The van der Waals surface area contributed by atoms with Crippen molar-refractivity contribution in [2.45, 2.75) is 37.6 Å².